The van der Waals surface area contributed by atoms with Gasteiger partial charge in [0.05, 0.1) is 17.0 Å². The second-order valence-electron chi connectivity index (χ2n) is 6.97. The summed E-state index contributed by atoms with van der Waals surface area (Å²) >= 11 is 6.40. The molecule has 1 aromatic carbocycles. The highest BCUT2D eigenvalue weighted by Crippen LogP contribution is 2.25. The van der Waals surface area contributed by atoms with Crippen LogP contribution in [0.3, 0.4) is 0 Å². The molecule has 0 fully saturated rings. The van der Waals surface area contributed by atoms with Gasteiger partial charge in [-0.05, 0) is 0 Å². The van der Waals surface area contributed by atoms with Gasteiger partial charge in [0.2, 0.25) is 0 Å². The molecule has 0 amide bonds. The lowest BCUT2D eigenvalue weighted by atomic mass is 10.1. The summed E-state index contributed by atoms with van der Waals surface area (Å²) in [6, 6.07) is 10.00. The number of nitrogens with zero attached hydrogens (tertiary/aromatic N) is 6. The van der Waals surface area contributed by atoms with E-state index in [-0.39, 0.29) is 0 Å². The average Bonchev–Trinajstić information content (AvgIpc) is 3.15. The minimum atomic E-state index is 0.519. The molecular weight excluding hydrogens is 386 g/mol. The molecule has 4 heterocycles. The Morgan fingerprint density at radius 3 is 2.66 bits per heavy atom. The third kappa shape index (κ3) is 3.74. The van der Waals surface area contributed by atoms with E-state index in [9.17, 15) is 0 Å². The summed E-state index contributed by atoms with van der Waals surface area (Å²) in [5.41, 5.74) is 4.99. The van der Waals surface area contributed by atoms with Crippen LogP contribution in [-0.2, 0) is 19.5 Å². The second-order valence-corrected chi connectivity index (χ2v) is 7.33. The molecule has 1 aliphatic heterocycles. The predicted octanol–water partition coefficient (Wildman–Crippen LogP) is 3.54. The van der Waals surface area contributed by atoms with E-state index < -0.39 is 0 Å². The number of aromatic amines is 1. The number of fused-ring (bicyclic) bond motifs is 1. The van der Waals surface area contributed by atoms with Crippen molar-refractivity contribution >= 4 is 11.6 Å². The van der Waals surface area contributed by atoms with E-state index >= 15 is 0 Å². The Bertz CT molecular complexity index is 1130. The van der Waals surface area contributed by atoms with Crippen LogP contribution < -0.4 is 0 Å². The Hall–Kier alpha value is -3.16. The van der Waals surface area contributed by atoms with Gasteiger partial charge < -0.3 is 4.98 Å². The lowest BCUT2D eigenvalue weighted by molar-refractivity contribution is 0.240. The number of benzene rings is 1. The number of imidazole rings is 1. The summed E-state index contributed by atoms with van der Waals surface area (Å²) in [5.74, 6) is 1.46. The summed E-state index contributed by atoms with van der Waals surface area (Å²) in [7, 11) is 0. The number of nitrogens with one attached hydrogen (secondary N) is 1. The smallest absolute Gasteiger partial charge is 0.162 e. The van der Waals surface area contributed by atoms with Gasteiger partial charge in [-0.1, -0.05) is 41.9 Å². The fraction of sp³-hybridized carbons (Fsp3) is 0.190. The molecule has 0 saturated carbocycles. The van der Waals surface area contributed by atoms with E-state index in [4.69, 9.17) is 16.6 Å². The van der Waals surface area contributed by atoms with E-state index in [2.05, 4.69) is 29.8 Å². The first-order valence-electron chi connectivity index (χ1n) is 9.38. The molecule has 29 heavy (non-hydrogen) atoms. The zero-order chi connectivity index (χ0) is 19.6. The zero-order valence-corrected chi connectivity index (χ0v) is 16.3. The molecule has 7 nitrogen and oxygen atoms in total. The fourth-order valence-electron chi connectivity index (χ4n) is 3.51. The largest absolute Gasteiger partial charge is 0.339 e. The number of halogens is 1. The highest BCUT2D eigenvalue weighted by Gasteiger charge is 2.21. The molecule has 0 atom stereocenters. The maximum atomic E-state index is 6.40. The standard InChI is InChI=1S/C21H18ClN7/c22-19-18(27-21(28-19)14-4-2-1-3-5-14)12-29-7-6-17-16(11-29)10-25-20(26-17)15-8-23-13-24-9-15/h1-5,8-10,13H,6-7,11-12H2,(H,27,28). The normalized spacial score (nSPS) is 14.0. The lowest BCUT2D eigenvalue weighted by Gasteiger charge is -2.27. The number of hydrogen-bond donors (Lipinski definition) is 1. The molecule has 144 valence electrons. The average molecular weight is 404 g/mol. The Balaban J connectivity index is 1.32. The Morgan fingerprint density at radius 2 is 1.83 bits per heavy atom. The SMILES string of the molecule is Clc1nc(-c2ccccc2)[nH]c1CN1CCc2nc(-c3cncnc3)ncc2C1. The van der Waals surface area contributed by atoms with Gasteiger partial charge in [0, 0.05) is 55.8 Å². The van der Waals surface area contributed by atoms with Crippen molar-refractivity contribution in [2.24, 2.45) is 0 Å². The highest BCUT2D eigenvalue weighted by atomic mass is 35.5. The maximum absolute atomic E-state index is 6.40. The monoisotopic (exact) mass is 403 g/mol. The first kappa shape index (κ1) is 17.9. The molecule has 8 heteroatoms. The molecular formula is C21H18ClN7. The molecule has 0 radical (unpaired) electrons. The summed E-state index contributed by atoms with van der Waals surface area (Å²) in [6.45, 7) is 2.37. The molecule has 0 unspecified atom stereocenters. The topological polar surface area (TPSA) is 83.5 Å². The van der Waals surface area contributed by atoms with Crippen molar-refractivity contribution < 1.29 is 0 Å². The predicted molar refractivity (Wildman–Crippen MR) is 110 cm³/mol. The van der Waals surface area contributed by atoms with Crippen LogP contribution in [0.5, 0.6) is 0 Å². The van der Waals surface area contributed by atoms with Crippen molar-refractivity contribution in [2.75, 3.05) is 6.54 Å². The van der Waals surface area contributed by atoms with Gasteiger partial charge in [-0.25, -0.2) is 24.9 Å². The molecule has 0 aliphatic carbocycles. The van der Waals surface area contributed by atoms with Crippen LogP contribution in [0, 0.1) is 0 Å². The fourth-order valence-corrected chi connectivity index (χ4v) is 3.70. The van der Waals surface area contributed by atoms with Crippen molar-refractivity contribution in [2.45, 2.75) is 19.5 Å². The van der Waals surface area contributed by atoms with Crippen LogP contribution in [0.4, 0.5) is 0 Å². The van der Waals surface area contributed by atoms with Crippen molar-refractivity contribution in [3.8, 4) is 22.8 Å². The lowest BCUT2D eigenvalue weighted by Crippen LogP contribution is -2.31. The number of hydrogen-bond acceptors (Lipinski definition) is 6. The molecule has 1 N–H and O–H groups in total. The van der Waals surface area contributed by atoms with Crippen molar-refractivity contribution in [3.63, 3.8) is 0 Å². The van der Waals surface area contributed by atoms with Gasteiger partial charge in [-0.15, -0.1) is 0 Å². The minimum Gasteiger partial charge on any atom is -0.339 e. The Kier molecular flexibility index (Phi) is 4.75. The van der Waals surface area contributed by atoms with E-state index in [1.165, 1.54) is 6.33 Å². The number of aromatic nitrogens is 6. The van der Waals surface area contributed by atoms with E-state index in [1.54, 1.807) is 12.4 Å². The van der Waals surface area contributed by atoms with Gasteiger partial charge in [0.25, 0.3) is 0 Å². The van der Waals surface area contributed by atoms with Gasteiger partial charge in [-0.2, -0.15) is 0 Å². The molecule has 0 spiro atoms. The molecule has 0 saturated heterocycles. The summed E-state index contributed by atoms with van der Waals surface area (Å²) < 4.78 is 0. The summed E-state index contributed by atoms with van der Waals surface area (Å²) in [5, 5.41) is 0.519. The quantitative estimate of drug-likeness (QED) is 0.561. The Morgan fingerprint density at radius 1 is 1.00 bits per heavy atom. The highest BCUT2D eigenvalue weighted by molar-refractivity contribution is 6.30. The number of H-pyrrole nitrogens is 1. The molecule has 3 aromatic heterocycles. The molecule has 4 aromatic rings. The zero-order valence-electron chi connectivity index (χ0n) is 15.6. The minimum absolute atomic E-state index is 0.519. The van der Waals surface area contributed by atoms with Crippen LogP contribution in [0.2, 0.25) is 5.15 Å². The third-order valence-corrected chi connectivity index (χ3v) is 5.30. The van der Waals surface area contributed by atoms with E-state index in [0.29, 0.717) is 17.5 Å². The first-order valence-corrected chi connectivity index (χ1v) is 9.76. The van der Waals surface area contributed by atoms with Crippen molar-refractivity contribution in [1.82, 2.24) is 34.8 Å². The van der Waals surface area contributed by atoms with Crippen LogP contribution in [0.1, 0.15) is 17.0 Å². The molecule has 5 rings (SSSR count). The van der Waals surface area contributed by atoms with Crippen LogP contribution in [0.25, 0.3) is 22.8 Å². The van der Waals surface area contributed by atoms with E-state index in [1.807, 2.05) is 36.5 Å². The van der Waals surface area contributed by atoms with Crippen LogP contribution >= 0.6 is 11.6 Å². The summed E-state index contributed by atoms with van der Waals surface area (Å²) in [6.07, 6.45) is 7.73. The van der Waals surface area contributed by atoms with E-state index in [0.717, 1.165) is 53.4 Å². The molecule has 1 aliphatic rings. The van der Waals surface area contributed by atoms with Gasteiger partial charge in [0.1, 0.15) is 12.2 Å². The Labute approximate surface area is 172 Å². The van der Waals surface area contributed by atoms with Crippen molar-refractivity contribution in [3.05, 3.63) is 77.4 Å². The first-order chi connectivity index (χ1) is 14.3. The van der Waals surface area contributed by atoms with Crippen LogP contribution in [-0.4, -0.2) is 41.3 Å². The van der Waals surface area contributed by atoms with Gasteiger partial charge in [-0.3, -0.25) is 4.90 Å². The maximum Gasteiger partial charge on any atom is 0.162 e. The van der Waals surface area contributed by atoms with Crippen LogP contribution in [0.15, 0.2) is 55.2 Å². The van der Waals surface area contributed by atoms with Gasteiger partial charge >= 0.3 is 0 Å². The number of rotatable bonds is 4. The summed E-state index contributed by atoms with van der Waals surface area (Å²) in [4.78, 5) is 27.5. The second kappa shape index (κ2) is 7.69. The molecule has 0 bridgehead atoms. The van der Waals surface area contributed by atoms with Gasteiger partial charge in [0.15, 0.2) is 11.0 Å². The third-order valence-electron chi connectivity index (χ3n) is 4.99. The van der Waals surface area contributed by atoms with Crippen molar-refractivity contribution in [1.29, 1.82) is 0 Å².